The minimum absolute atomic E-state index is 0.255. The minimum atomic E-state index is -0.378. The van der Waals surface area contributed by atoms with Gasteiger partial charge < -0.3 is 10.6 Å². The molecule has 1 amide bonds. The van der Waals surface area contributed by atoms with Crippen molar-refractivity contribution in [1.82, 2.24) is 15.0 Å². The predicted octanol–water partition coefficient (Wildman–Crippen LogP) is 6.38. The van der Waals surface area contributed by atoms with Crippen molar-refractivity contribution in [3.63, 3.8) is 0 Å². The first-order valence-electron chi connectivity index (χ1n) is 10.1. The lowest BCUT2D eigenvalue weighted by molar-refractivity contribution is 0.102. The van der Waals surface area contributed by atoms with Gasteiger partial charge in [-0.05, 0) is 56.4 Å². The van der Waals surface area contributed by atoms with Crippen LogP contribution in [0.15, 0.2) is 36.5 Å². The van der Waals surface area contributed by atoms with Crippen molar-refractivity contribution in [2.45, 2.75) is 40.5 Å². The van der Waals surface area contributed by atoms with Gasteiger partial charge in [-0.1, -0.05) is 37.0 Å². The maximum absolute atomic E-state index is 12.9. The molecule has 0 fully saturated rings. The summed E-state index contributed by atoms with van der Waals surface area (Å²) in [6, 6.07) is 8.84. The Morgan fingerprint density at radius 3 is 2.39 bits per heavy atom. The van der Waals surface area contributed by atoms with Crippen molar-refractivity contribution in [3.05, 3.63) is 69.2 Å². The molecule has 2 N–H and O–H groups in total. The SMILES string of the molecule is Cc1cc(Nc2cc(NC(=O)c3c(Cl)cc(CCC(C)C)cc3Cl)ccn2)nc(C)n1. The van der Waals surface area contributed by atoms with Crippen molar-refractivity contribution >= 4 is 46.4 Å². The van der Waals surface area contributed by atoms with Crippen LogP contribution < -0.4 is 10.6 Å². The molecule has 0 spiro atoms. The van der Waals surface area contributed by atoms with Gasteiger partial charge in [0.05, 0.1) is 15.6 Å². The fourth-order valence-corrected chi connectivity index (χ4v) is 3.83. The molecule has 0 bridgehead atoms. The molecule has 2 aromatic heterocycles. The third kappa shape index (κ3) is 6.39. The summed E-state index contributed by atoms with van der Waals surface area (Å²) in [6.45, 7) is 8.04. The Labute approximate surface area is 192 Å². The van der Waals surface area contributed by atoms with Crippen LogP contribution in [0.4, 0.5) is 17.3 Å². The van der Waals surface area contributed by atoms with E-state index in [-0.39, 0.29) is 11.5 Å². The molecule has 3 aromatic rings. The molecule has 2 heterocycles. The third-order valence-corrected chi connectivity index (χ3v) is 5.18. The number of aromatic nitrogens is 3. The number of carbonyl (C=O) groups is 1. The molecule has 0 aliphatic carbocycles. The van der Waals surface area contributed by atoms with E-state index in [9.17, 15) is 4.79 Å². The Morgan fingerprint density at radius 2 is 1.74 bits per heavy atom. The Morgan fingerprint density at radius 1 is 1.03 bits per heavy atom. The summed E-state index contributed by atoms with van der Waals surface area (Å²) in [7, 11) is 0. The van der Waals surface area contributed by atoms with Crippen LogP contribution >= 0.6 is 23.2 Å². The normalized spacial score (nSPS) is 10.9. The highest BCUT2D eigenvalue weighted by molar-refractivity contribution is 6.40. The predicted molar refractivity (Wildman–Crippen MR) is 127 cm³/mol. The summed E-state index contributed by atoms with van der Waals surface area (Å²) >= 11 is 12.8. The Hall–Kier alpha value is -2.70. The number of aryl methyl sites for hydroxylation is 3. The van der Waals surface area contributed by atoms with E-state index in [0.717, 1.165) is 24.1 Å². The number of nitrogens with one attached hydrogen (secondary N) is 2. The third-order valence-electron chi connectivity index (χ3n) is 4.58. The van der Waals surface area contributed by atoms with Crippen LogP contribution in [0.5, 0.6) is 0 Å². The van der Waals surface area contributed by atoms with E-state index in [1.165, 1.54) is 0 Å². The van der Waals surface area contributed by atoms with E-state index in [0.29, 0.717) is 39.1 Å². The quantitative estimate of drug-likeness (QED) is 0.430. The van der Waals surface area contributed by atoms with Gasteiger partial charge in [-0.2, -0.15) is 0 Å². The molecule has 31 heavy (non-hydrogen) atoms. The second-order valence-electron chi connectivity index (χ2n) is 7.82. The van der Waals surface area contributed by atoms with Crippen molar-refractivity contribution in [2.24, 2.45) is 5.92 Å². The molecule has 162 valence electrons. The van der Waals surface area contributed by atoms with Crippen LogP contribution in [-0.2, 0) is 6.42 Å². The van der Waals surface area contributed by atoms with E-state index >= 15 is 0 Å². The summed E-state index contributed by atoms with van der Waals surface area (Å²) in [6.07, 6.45) is 3.48. The summed E-state index contributed by atoms with van der Waals surface area (Å²) in [5.41, 5.74) is 2.68. The molecule has 0 saturated heterocycles. The van der Waals surface area contributed by atoms with Crippen molar-refractivity contribution in [2.75, 3.05) is 10.6 Å². The van der Waals surface area contributed by atoms with E-state index in [1.54, 1.807) is 18.3 Å². The molecule has 0 atom stereocenters. The summed E-state index contributed by atoms with van der Waals surface area (Å²) < 4.78 is 0. The van der Waals surface area contributed by atoms with Gasteiger partial charge in [0.2, 0.25) is 0 Å². The molecule has 6 nitrogen and oxygen atoms in total. The maximum atomic E-state index is 12.9. The molecular weight excluding hydrogens is 433 g/mol. The van der Waals surface area contributed by atoms with Gasteiger partial charge in [0.25, 0.3) is 5.91 Å². The lowest BCUT2D eigenvalue weighted by Crippen LogP contribution is -2.14. The fourth-order valence-electron chi connectivity index (χ4n) is 3.12. The summed E-state index contributed by atoms with van der Waals surface area (Å²) in [4.78, 5) is 25.7. The number of carbonyl (C=O) groups excluding carboxylic acids is 1. The number of hydrogen-bond donors (Lipinski definition) is 2. The van der Waals surface area contributed by atoms with E-state index < -0.39 is 0 Å². The molecule has 0 aliphatic heterocycles. The zero-order valence-electron chi connectivity index (χ0n) is 18.0. The van der Waals surface area contributed by atoms with Gasteiger partial charge >= 0.3 is 0 Å². The molecular formula is C23H25Cl2N5O. The molecule has 0 radical (unpaired) electrons. The first-order valence-corrected chi connectivity index (χ1v) is 10.8. The molecule has 0 aliphatic rings. The van der Waals surface area contributed by atoms with Crippen LogP contribution in [0.25, 0.3) is 0 Å². The number of rotatable bonds is 7. The zero-order chi connectivity index (χ0) is 22.5. The highest BCUT2D eigenvalue weighted by Gasteiger charge is 2.17. The van der Waals surface area contributed by atoms with Gasteiger partial charge in [-0.25, -0.2) is 15.0 Å². The topological polar surface area (TPSA) is 79.8 Å². The first-order chi connectivity index (χ1) is 14.7. The van der Waals surface area contributed by atoms with E-state index in [2.05, 4.69) is 39.4 Å². The Kier molecular flexibility index (Phi) is 7.46. The number of benzene rings is 1. The van der Waals surface area contributed by atoms with Crippen LogP contribution in [0.2, 0.25) is 10.0 Å². The Balaban J connectivity index is 1.75. The number of amides is 1. The van der Waals surface area contributed by atoms with Gasteiger partial charge in [-0.3, -0.25) is 4.79 Å². The number of pyridine rings is 1. The average molecular weight is 458 g/mol. The van der Waals surface area contributed by atoms with Crippen molar-refractivity contribution < 1.29 is 4.79 Å². The highest BCUT2D eigenvalue weighted by atomic mass is 35.5. The highest BCUT2D eigenvalue weighted by Crippen LogP contribution is 2.29. The van der Waals surface area contributed by atoms with Gasteiger partial charge in [0.1, 0.15) is 17.5 Å². The Bertz CT molecular complexity index is 1060. The van der Waals surface area contributed by atoms with Crippen LogP contribution in [-0.4, -0.2) is 20.9 Å². The van der Waals surface area contributed by atoms with Gasteiger partial charge in [0, 0.05) is 29.7 Å². The standard InChI is InChI=1S/C23H25Cl2N5O/c1-13(2)5-6-16-10-18(24)22(19(25)11-16)23(31)29-17-7-8-26-20(12-17)30-21-9-14(3)27-15(4)28-21/h7-13H,5-6H2,1-4H3,(H2,26,27,28,29,30,31). The van der Waals surface area contributed by atoms with Crippen LogP contribution in [0.3, 0.4) is 0 Å². The lowest BCUT2D eigenvalue weighted by atomic mass is 10.0. The monoisotopic (exact) mass is 457 g/mol. The number of halogens is 2. The van der Waals surface area contributed by atoms with Crippen molar-refractivity contribution in [1.29, 1.82) is 0 Å². The summed E-state index contributed by atoms with van der Waals surface area (Å²) in [5, 5.41) is 6.64. The molecule has 3 rings (SSSR count). The number of nitrogens with zero attached hydrogens (tertiary/aromatic N) is 3. The van der Waals surface area contributed by atoms with Crippen LogP contribution in [0.1, 0.15) is 47.7 Å². The molecule has 0 unspecified atom stereocenters. The van der Waals surface area contributed by atoms with Crippen molar-refractivity contribution in [3.8, 4) is 0 Å². The second kappa shape index (κ2) is 10.1. The number of hydrogen-bond acceptors (Lipinski definition) is 5. The molecule has 0 saturated carbocycles. The van der Waals surface area contributed by atoms with E-state index in [1.807, 2.05) is 32.0 Å². The summed E-state index contributed by atoms with van der Waals surface area (Å²) in [5.74, 6) is 2.02. The molecule has 8 heteroatoms. The van der Waals surface area contributed by atoms with Crippen LogP contribution in [0, 0.1) is 19.8 Å². The van der Waals surface area contributed by atoms with Gasteiger partial charge in [-0.15, -0.1) is 0 Å². The van der Waals surface area contributed by atoms with Gasteiger partial charge in [0.15, 0.2) is 0 Å². The zero-order valence-corrected chi connectivity index (χ0v) is 19.5. The molecule has 1 aromatic carbocycles. The fraction of sp³-hybridized carbons (Fsp3) is 0.304. The largest absolute Gasteiger partial charge is 0.325 e. The average Bonchev–Trinajstić information content (AvgIpc) is 2.65. The maximum Gasteiger partial charge on any atom is 0.258 e. The van der Waals surface area contributed by atoms with E-state index in [4.69, 9.17) is 23.2 Å². The number of anilines is 3. The lowest BCUT2D eigenvalue weighted by Gasteiger charge is -2.12. The second-order valence-corrected chi connectivity index (χ2v) is 8.63. The first kappa shape index (κ1) is 23.0. The minimum Gasteiger partial charge on any atom is -0.325 e. The smallest absolute Gasteiger partial charge is 0.258 e.